The Morgan fingerprint density at radius 3 is 2.62 bits per heavy atom. The highest BCUT2D eigenvalue weighted by molar-refractivity contribution is 5.82. The van der Waals surface area contributed by atoms with Crippen LogP contribution in [0.3, 0.4) is 0 Å². The van der Waals surface area contributed by atoms with E-state index >= 15 is 0 Å². The van der Waals surface area contributed by atoms with Gasteiger partial charge in [-0.25, -0.2) is 14.6 Å². The molecule has 0 saturated carbocycles. The van der Waals surface area contributed by atoms with Crippen molar-refractivity contribution in [1.29, 1.82) is 5.26 Å². The summed E-state index contributed by atoms with van der Waals surface area (Å²) in [6, 6.07) is 17.0. The van der Waals surface area contributed by atoms with Crippen molar-refractivity contribution in [1.82, 2.24) is 34.5 Å². The SMILES string of the molecule is Cc1ccc(Nc2ccc3c(c2)ncn3-c2ccc(C(C)O)c(-n3nc(C)cc3C#N)n2)nn1. The zero-order valence-electron chi connectivity index (χ0n) is 18.8. The number of imidazole rings is 1. The molecule has 5 rings (SSSR count). The molecule has 0 aliphatic rings. The number of aliphatic hydroxyl groups excluding tert-OH is 1. The maximum atomic E-state index is 10.3. The first kappa shape index (κ1) is 21.2. The van der Waals surface area contributed by atoms with E-state index in [0.29, 0.717) is 34.4 Å². The number of hydrogen-bond donors (Lipinski definition) is 2. The van der Waals surface area contributed by atoms with Gasteiger partial charge in [-0.3, -0.25) is 4.57 Å². The van der Waals surface area contributed by atoms with Crippen LogP contribution in [0.5, 0.6) is 0 Å². The van der Waals surface area contributed by atoms with E-state index in [2.05, 4.69) is 31.7 Å². The Morgan fingerprint density at radius 2 is 1.88 bits per heavy atom. The van der Waals surface area contributed by atoms with E-state index in [1.54, 1.807) is 32.3 Å². The number of anilines is 2. The topological polar surface area (TPSA) is 130 Å². The summed E-state index contributed by atoms with van der Waals surface area (Å²) in [6.07, 6.45) is 0.902. The Balaban J connectivity index is 1.56. The number of hydrogen-bond acceptors (Lipinski definition) is 8. The fourth-order valence-corrected chi connectivity index (χ4v) is 3.71. The highest BCUT2D eigenvalue weighted by Gasteiger charge is 2.18. The van der Waals surface area contributed by atoms with Gasteiger partial charge in [0, 0.05) is 11.3 Å². The summed E-state index contributed by atoms with van der Waals surface area (Å²) in [5.74, 6) is 1.63. The largest absolute Gasteiger partial charge is 0.389 e. The van der Waals surface area contributed by atoms with Crippen molar-refractivity contribution < 1.29 is 5.11 Å². The van der Waals surface area contributed by atoms with Crippen LogP contribution in [0.25, 0.3) is 22.7 Å². The molecule has 0 bridgehead atoms. The minimum atomic E-state index is -0.786. The van der Waals surface area contributed by atoms with Gasteiger partial charge in [0.1, 0.15) is 23.9 Å². The highest BCUT2D eigenvalue weighted by Crippen LogP contribution is 2.26. The molecule has 0 aliphatic carbocycles. The van der Waals surface area contributed by atoms with Crippen molar-refractivity contribution >= 4 is 22.5 Å². The monoisotopic (exact) mass is 451 g/mol. The first-order valence-corrected chi connectivity index (χ1v) is 10.6. The van der Waals surface area contributed by atoms with Gasteiger partial charge in [0.25, 0.3) is 0 Å². The maximum Gasteiger partial charge on any atom is 0.163 e. The molecule has 0 fully saturated rings. The lowest BCUT2D eigenvalue weighted by atomic mass is 10.1. The number of nitriles is 1. The van der Waals surface area contributed by atoms with Crippen molar-refractivity contribution in [2.45, 2.75) is 26.9 Å². The molecule has 0 radical (unpaired) electrons. The van der Waals surface area contributed by atoms with Gasteiger partial charge in [0.15, 0.2) is 11.6 Å². The standard InChI is InChI=1S/C24H21N9O/c1-14-4-8-22(30-29-14)27-17-5-7-21-20(11-17)26-13-32(21)23-9-6-19(16(3)34)24(28-23)33-18(12-25)10-15(2)31-33/h4-11,13,16,34H,1-3H3,(H,27,30). The molecule has 10 nitrogen and oxygen atoms in total. The Morgan fingerprint density at radius 1 is 1.03 bits per heavy atom. The Hall–Kier alpha value is -4.62. The molecule has 1 aromatic carbocycles. The van der Waals surface area contributed by atoms with Gasteiger partial charge in [-0.1, -0.05) is 0 Å². The number of aromatic nitrogens is 7. The molecule has 2 N–H and O–H groups in total. The molecule has 5 aromatic rings. The zero-order chi connectivity index (χ0) is 23.8. The number of fused-ring (bicyclic) bond motifs is 1. The predicted molar refractivity (Wildman–Crippen MR) is 126 cm³/mol. The number of pyridine rings is 1. The summed E-state index contributed by atoms with van der Waals surface area (Å²) in [6.45, 7) is 5.35. The quantitative estimate of drug-likeness (QED) is 0.414. The number of nitrogens with zero attached hydrogens (tertiary/aromatic N) is 8. The average Bonchev–Trinajstić information content (AvgIpc) is 3.43. The van der Waals surface area contributed by atoms with Crippen LogP contribution >= 0.6 is 0 Å². The van der Waals surface area contributed by atoms with E-state index in [4.69, 9.17) is 4.98 Å². The second-order valence-electron chi connectivity index (χ2n) is 7.96. The van der Waals surface area contributed by atoms with Gasteiger partial charge in [0.05, 0.1) is 28.5 Å². The molecule has 4 heterocycles. The minimum absolute atomic E-state index is 0.342. The summed E-state index contributed by atoms with van der Waals surface area (Å²) < 4.78 is 3.31. The van der Waals surface area contributed by atoms with Crippen LogP contribution in [0.4, 0.5) is 11.5 Å². The van der Waals surface area contributed by atoms with Crippen molar-refractivity contribution in [3.05, 3.63) is 77.5 Å². The first-order valence-electron chi connectivity index (χ1n) is 10.6. The molecular weight excluding hydrogens is 430 g/mol. The van der Waals surface area contributed by atoms with Crippen LogP contribution < -0.4 is 5.32 Å². The summed E-state index contributed by atoms with van der Waals surface area (Å²) in [5.41, 5.74) is 4.89. The molecule has 4 aromatic heterocycles. The van der Waals surface area contributed by atoms with Gasteiger partial charge in [-0.15, -0.1) is 5.10 Å². The summed E-state index contributed by atoms with van der Waals surface area (Å²) in [7, 11) is 0. The third-order valence-electron chi connectivity index (χ3n) is 5.35. The fraction of sp³-hybridized carbons (Fsp3) is 0.167. The van der Waals surface area contributed by atoms with Crippen LogP contribution in [-0.2, 0) is 0 Å². The van der Waals surface area contributed by atoms with Crippen LogP contribution in [0, 0.1) is 25.2 Å². The van der Waals surface area contributed by atoms with Crippen LogP contribution in [-0.4, -0.2) is 39.6 Å². The van der Waals surface area contributed by atoms with Gasteiger partial charge in [-0.05, 0) is 69.3 Å². The van der Waals surface area contributed by atoms with E-state index in [1.807, 2.05) is 47.9 Å². The minimum Gasteiger partial charge on any atom is -0.389 e. The molecule has 168 valence electrons. The molecule has 34 heavy (non-hydrogen) atoms. The van der Waals surface area contributed by atoms with Crippen molar-refractivity contribution in [2.24, 2.45) is 0 Å². The number of benzene rings is 1. The lowest BCUT2D eigenvalue weighted by Crippen LogP contribution is -2.11. The molecule has 10 heteroatoms. The first-order chi connectivity index (χ1) is 16.4. The molecular formula is C24H21N9O. The fourth-order valence-electron chi connectivity index (χ4n) is 3.71. The summed E-state index contributed by atoms with van der Waals surface area (Å²) in [5, 5.41) is 35.7. The van der Waals surface area contributed by atoms with Crippen LogP contribution in [0.1, 0.15) is 35.7 Å². The third-order valence-corrected chi connectivity index (χ3v) is 5.35. The van der Waals surface area contributed by atoms with Crippen molar-refractivity contribution in [3.63, 3.8) is 0 Å². The predicted octanol–water partition coefficient (Wildman–Crippen LogP) is 3.68. The molecule has 1 atom stereocenters. The number of nitrogens with one attached hydrogen (secondary N) is 1. The molecule has 0 spiro atoms. The van der Waals surface area contributed by atoms with Crippen LogP contribution in [0.2, 0.25) is 0 Å². The van der Waals surface area contributed by atoms with Gasteiger partial charge >= 0.3 is 0 Å². The summed E-state index contributed by atoms with van der Waals surface area (Å²) >= 11 is 0. The second-order valence-corrected chi connectivity index (χ2v) is 7.96. The van der Waals surface area contributed by atoms with Gasteiger partial charge in [-0.2, -0.15) is 15.5 Å². The summed E-state index contributed by atoms with van der Waals surface area (Å²) in [4.78, 5) is 9.29. The van der Waals surface area contributed by atoms with Crippen molar-refractivity contribution in [2.75, 3.05) is 5.32 Å². The normalized spacial score (nSPS) is 12.0. The average molecular weight is 451 g/mol. The van der Waals surface area contributed by atoms with E-state index in [0.717, 1.165) is 22.4 Å². The van der Waals surface area contributed by atoms with Crippen LogP contribution in [0.15, 0.2) is 54.9 Å². The maximum absolute atomic E-state index is 10.3. The lowest BCUT2D eigenvalue weighted by Gasteiger charge is -2.14. The van der Waals surface area contributed by atoms with E-state index in [9.17, 15) is 10.4 Å². The third kappa shape index (κ3) is 3.85. The molecule has 0 saturated heterocycles. The molecule has 1 unspecified atom stereocenters. The Kier molecular flexibility index (Phi) is 5.24. The van der Waals surface area contributed by atoms with Crippen molar-refractivity contribution in [3.8, 4) is 17.7 Å². The number of rotatable bonds is 5. The lowest BCUT2D eigenvalue weighted by molar-refractivity contribution is 0.198. The zero-order valence-corrected chi connectivity index (χ0v) is 18.8. The highest BCUT2D eigenvalue weighted by atomic mass is 16.3. The molecule has 0 amide bonds. The van der Waals surface area contributed by atoms with Gasteiger partial charge < -0.3 is 10.4 Å². The number of aliphatic hydroxyl groups is 1. The Bertz CT molecular complexity index is 1540. The van der Waals surface area contributed by atoms with E-state index in [-0.39, 0.29) is 0 Å². The second kappa shape index (κ2) is 8.38. The molecule has 0 aliphatic heterocycles. The van der Waals surface area contributed by atoms with E-state index < -0.39 is 6.10 Å². The van der Waals surface area contributed by atoms with E-state index in [1.165, 1.54) is 4.68 Å². The van der Waals surface area contributed by atoms with Gasteiger partial charge in [0.2, 0.25) is 0 Å². The Labute approximate surface area is 195 Å². The number of aryl methyl sites for hydroxylation is 2. The smallest absolute Gasteiger partial charge is 0.163 e.